The van der Waals surface area contributed by atoms with Crippen LogP contribution in [0.3, 0.4) is 0 Å². The third-order valence-electron chi connectivity index (χ3n) is 3.96. The van der Waals surface area contributed by atoms with E-state index in [4.69, 9.17) is 10.00 Å². The molecule has 0 aromatic heterocycles. The Morgan fingerprint density at radius 2 is 1.86 bits per heavy atom. The van der Waals surface area contributed by atoms with E-state index in [0.29, 0.717) is 12.4 Å². The standard InChI is InChI=1S/C20H23N3O4S/c1-2-3-4-5-13-27-18-11-9-17(10-12-18)20(24)22-23-28(25,26)19-8-6-7-16(14-19)15-21/h6-12,14,23H,2-5,13H2,1H3,(H,22,24). The number of sulfonamides is 1. The van der Waals surface area contributed by atoms with Gasteiger partial charge in [0, 0.05) is 5.56 Å². The van der Waals surface area contributed by atoms with E-state index in [0.717, 1.165) is 19.3 Å². The van der Waals surface area contributed by atoms with Crippen LogP contribution < -0.4 is 15.0 Å². The average Bonchev–Trinajstić information content (AvgIpc) is 2.72. The van der Waals surface area contributed by atoms with Crippen molar-refractivity contribution in [1.29, 1.82) is 5.26 Å². The molecule has 2 rings (SSSR count). The highest BCUT2D eigenvalue weighted by Gasteiger charge is 2.16. The minimum absolute atomic E-state index is 0.112. The molecule has 0 atom stereocenters. The van der Waals surface area contributed by atoms with E-state index in [1.807, 2.05) is 10.9 Å². The van der Waals surface area contributed by atoms with Crippen molar-refractivity contribution in [1.82, 2.24) is 10.3 Å². The lowest BCUT2D eigenvalue weighted by Crippen LogP contribution is -2.41. The van der Waals surface area contributed by atoms with Crippen LogP contribution >= 0.6 is 0 Å². The van der Waals surface area contributed by atoms with E-state index in [-0.39, 0.29) is 16.0 Å². The molecular weight excluding hydrogens is 378 g/mol. The third kappa shape index (κ3) is 6.37. The van der Waals surface area contributed by atoms with Crippen LogP contribution in [0.2, 0.25) is 0 Å². The van der Waals surface area contributed by atoms with Gasteiger partial charge in [-0.2, -0.15) is 5.26 Å². The molecule has 148 valence electrons. The van der Waals surface area contributed by atoms with Crippen LogP contribution in [0.15, 0.2) is 53.4 Å². The van der Waals surface area contributed by atoms with Crippen molar-refractivity contribution in [2.75, 3.05) is 6.61 Å². The van der Waals surface area contributed by atoms with Crippen LogP contribution in [0.5, 0.6) is 5.75 Å². The summed E-state index contributed by atoms with van der Waals surface area (Å²) in [6, 6.07) is 13.8. The van der Waals surface area contributed by atoms with Crippen LogP contribution in [0.25, 0.3) is 0 Å². The number of hydrogen-bond donors (Lipinski definition) is 2. The quantitative estimate of drug-likeness (QED) is 0.470. The smallest absolute Gasteiger partial charge is 0.266 e. The summed E-state index contributed by atoms with van der Waals surface area (Å²) in [6.45, 7) is 2.77. The second-order valence-electron chi connectivity index (χ2n) is 6.13. The van der Waals surface area contributed by atoms with Gasteiger partial charge in [-0.15, -0.1) is 4.83 Å². The Labute approximate surface area is 165 Å². The lowest BCUT2D eigenvalue weighted by Gasteiger charge is -2.10. The fourth-order valence-corrected chi connectivity index (χ4v) is 3.28. The van der Waals surface area contributed by atoms with E-state index in [9.17, 15) is 13.2 Å². The summed E-state index contributed by atoms with van der Waals surface area (Å²) >= 11 is 0. The fraction of sp³-hybridized carbons (Fsp3) is 0.300. The molecule has 0 aliphatic rings. The summed E-state index contributed by atoms with van der Waals surface area (Å²) in [5.74, 6) is 0.0523. The van der Waals surface area contributed by atoms with Gasteiger partial charge in [0.2, 0.25) is 0 Å². The highest BCUT2D eigenvalue weighted by Crippen LogP contribution is 2.14. The van der Waals surface area contributed by atoms with Crippen molar-refractivity contribution >= 4 is 15.9 Å². The van der Waals surface area contributed by atoms with Crippen LogP contribution in [-0.2, 0) is 10.0 Å². The first kappa shape index (κ1) is 21.4. The Morgan fingerprint density at radius 3 is 2.54 bits per heavy atom. The summed E-state index contributed by atoms with van der Waals surface area (Å²) in [5, 5.41) is 8.86. The van der Waals surface area contributed by atoms with Crippen LogP contribution in [0, 0.1) is 11.3 Å². The molecule has 2 aromatic rings. The van der Waals surface area contributed by atoms with Gasteiger partial charge in [-0.1, -0.05) is 32.3 Å². The first-order chi connectivity index (χ1) is 13.5. The van der Waals surface area contributed by atoms with Gasteiger partial charge in [0.05, 0.1) is 23.1 Å². The maximum absolute atomic E-state index is 12.2. The summed E-state index contributed by atoms with van der Waals surface area (Å²) in [5.41, 5.74) is 2.65. The molecule has 0 saturated heterocycles. The predicted molar refractivity (Wildman–Crippen MR) is 105 cm³/mol. The topological polar surface area (TPSA) is 108 Å². The van der Waals surface area contributed by atoms with Gasteiger partial charge in [0.25, 0.3) is 15.9 Å². The Morgan fingerprint density at radius 1 is 1.11 bits per heavy atom. The summed E-state index contributed by atoms with van der Waals surface area (Å²) in [7, 11) is -3.98. The first-order valence-corrected chi connectivity index (χ1v) is 10.5. The number of carbonyl (C=O) groups excluding carboxylic acids is 1. The van der Waals surface area contributed by atoms with Gasteiger partial charge in [-0.25, -0.2) is 8.42 Å². The molecule has 0 bridgehead atoms. The molecule has 0 aliphatic carbocycles. The zero-order valence-corrected chi connectivity index (χ0v) is 16.5. The number of carbonyl (C=O) groups is 1. The van der Waals surface area contributed by atoms with E-state index in [2.05, 4.69) is 12.3 Å². The van der Waals surface area contributed by atoms with Crippen molar-refractivity contribution in [3.05, 3.63) is 59.7 Å². The Bertz CT molecular complexity index is 935. The van der Waals surface area contributed by atoms with Gasteiger partial charge in [0.1, 0.15) is 5.75 Å². The molecule has 0 unspecified atom stereocenters. The van der Waals surface area contributed by atoms with Crippen LogP contribution in [0.4, 0.5) is 0 Å². The maximum atomic E-state index is 12.2. The highest BCUT2D eigenvalue weighted by atomic mass is 32.2. The lowest BCUT2D eigenvalue weighted by molar-refractivity contribution is 0.0945. The zero-order valence-electron chi connectivity index (χ0n) is 15.6. The molecular formula is C20H23N3O4S. The molecule has 0 aliphatic heterocycles. The largest absolute Gasteiger partial charge is 0.494 e. The van der Waals surface area contributed by atoms with E-state index in [1.165, 1.54) is 30.7 Å². The predicted octanol–water partition coefficient (Wildman–Crippen LogP) is 3.14. The normalized spacial score (nSPS) is 10.9. The van der Waals surface area contributed by atoms with Crippen molar-refractivity contribution in [2.24, 2.45) is 0 Å². The number of benzene rings is 2. The van der Waals surface area contributed by atoms with E-state index < -0.39 is 15.9 Å². The van der Waals surface area contributed by atoms with E-state index >= 15 is 0 Å². The molecule has 0 spiro atoms. The second-order valence-corrected chi connectivity index (χ2v) is 7.82. The summed E-state index contributed by atoms with van der Waals surface area (Å²) in [6.07, 6.45) is 4.44. The second kappa shape index (κ2) is 10.4. The van der Waals surface area contributed by atoms with Crippen LogP contribution in [-0.4, -0.2) is 20.9 Å². The summed E-state index contributed by atoms with van der Waals surface area (Å²) in [4.78, 5) is 14.1. The average molecular weight is 401 g/mol. The highest BCUT2D eigenvalue weighted by molar-refractivity contribution is 7.89. The molecule has 0 saturated carbocycles. The molecule has 0 radical (unpaired) electrons. The molecule has 1 amide bonds. The summed E-state index contributed by atoms with van der Waals surface area (Å²) < 4.78 is 30.1. The molecule has 0 heterocycles. The zero-order chi connectivity index (χ0) is 20.4. The number of rotatable bonds is 10. The minimum atomic E-state index is -3.98. The number of nitriles is 1. The van der Waals surface area contributed by atoms with Crippen molar-refractivity contribution in [3.8, 4) is 11.8 Å². The van der Waals surface area contributed by atoms with Gasteiger partial charge in [0.15, 0.2) is 0 Å². The molecule has 7 nitrogen and oxygen atoms in total. The Balaban J connectivity index is 1.89. The van der Waals surface area contributed by atoms with Crippen molar-refractivity contribution in [3.63, 3.8) is 0 Å². The molecule has 2 aromatic carbocycles. The number of hydrogen-bond acceptors (Lipinski definition) is 5. The number of hydrazine groups is 1. The molecule has 2 N–H and O–H groups in total. The molecule has 28 heavy (non-hydrogen) atoms. The molecule has 8 heteroatoms. The monoisotopic (exact) mass is 401 g/mol. The van der Waals surface area contributed by atoms with Gasteiger partial charge >= 0.3 is 0 Å². The van der Waals surface area contributed by atoms with Gasteiger partial charge in [-0.05, 0) is 48.9 Å². The number of nitrogens with one attached hydrogen (secondary N) is 2. The van der Waals surface area contributed by atoms with Crippen molar-refractivity contribution in [2.45, 2.75) is 37.5 Å². The number of nitrogens with zero attached hydrogens (tertiary/aromatic N) is 1. The Kier molecular flexibility index (Phi) is 7.99. The Hall–Kier alpha value is -2.89. The fourth-order valence-electron chi connectivity index (χ4n) is 2.40. The first-order valence-electron chi connectivity index (χ1n) is 9.01. The molecule has 0 fully saturated rings. The number of unbranched alkanes of at least 4 members (excludes halogenated alkanes) is 3. The van der Waals surface area contributed by atoms with E-state index in [1.54, 1.807) is 24.3 Å². The minimum Gasteiger partial charge on any atom is -0.494 e. The van der Waals surface area contributed by atoms with Crippen LogP contribution in [0.1, 0.15) is 48.5 Å². The van der Waals surface area contributed by atoms with Gasteiger partial charge in [-0.3, -0.25) is 10.2 Å². The van der Waals surface area contributed by atoms with Crippen molar-refractivity contribution < 1.29 is 17.9 Å². The maximum Gasteiger partial charge on any atom is 0.266 e. The lowest BCUT2D eigenvalue weighted by atomic mass is 10.2. The van der Waals surface area contributed by atoms with Gasteiger partial charge < -0.3 is 4.74 Å². The SMILES string of the molecule is CCCCCCOc1ccc(C(=O)NNS(=O)(=O)c2cccc(C#N)c2)cc1. The number of amides is 1. The number of ether oxygens (including phenoxy) is 1. The third-order valence-corrected chi connectivity index (χ3v) is 5.20.